The molecular weight excluding hydrogens is 208 g/mol. The molecule has 0 fully saturated rings. The average molecular weight is 220 g/mol. The second kappa shape index (κ2) is 6.40. The molecule has 0 amide bonds. The summed E-state index contributed by atoms with van der Waals surface area (Å²) >= 11 is 0. The Morgan fingerprint density at radius 1 is 1.25 bits per heavy atom. The molecule has 0 heterocycles. The minimum Gasteiger partial charge on any atom is -0.481 e. The quantitative estimate of drug-likeness (QED) is 0.606. The highest BCUT2D eigenvalue weighted by molar-refractivity contribution is 5.90. The van der Waals surface area contributed by atoms with E-state index in [2.05, 4.69) is 4.74 Å². The van der Waals surface area contributed by atoms with Crippen LogP contribution in [0.1, 0.15) is 12.0 Å². The van der Waals surface area contributed by atoms with Crippen LogP contribution in [0.2, 0.25) is 0 Å². The van der Waals surface area contributed by atoms with Gasteiger partial charge in [-0.2, -0.15) is 0 Å². The minimum atomic E-state index is -1.18. The van der Waals surface area contributed by atoms with Crippen LogP contribution in [0.3, 0.4) is 0 Å². The van der Waals surface area contributed by atoms with Crippen LogP contribution >= 0.6 is 0 Å². The minimum absolute atomic E-state index is 0.0843. The highest BCUT2D eigenvalue weighted by atomic mass is 16.5. The van der Waals surface area contributed by atoms with Crippen LogP contribution in [0.5, 0.6) is 0 Å². The third kappa shape index (κ3) is 4.95. The van der Waals surface area contributed by atoms with Gasteiger partial charge in [-0.05, 0) is 11.6 Å². The van der Waals surface area contributed by atoms with Crippen LogP contribution in [-0.4, -0.2) is 23.7 Å². The van der Waals surface area contributed by atoms with Crippen molar-refractivity contribution in [2.24, 2.45) is 0 Å². The van der Waals surface area contributed by atoms with Crippen LogP contribution < -0.4 is 0 Å². The van der Waals surface area contributed by atoms with Crippen molar-refractivity contribution in [3.63, 3.8) is 0 Å². The number of aliphatic carboxylic acids is 1. The van der Waals surface area contributed by atoms with Gasteiger partial charge in [-0.15, -0.1) is 0 Å². The molecule has 0 aromatic heterocycles. The van der Waals surface area contributed by atoms with Gasteiger partial charge in [-0.25, -0.2) is 0 Å². The van der Waals surface area contributed by atoms with Crippen LogP contribution in [0, 0.1) is 0 Å². The molecule has 0 spiro atoms. The predicted molar refractivity (Wildman–Crippen MR) is 58.7 cm³/mol. The molecule has 4 nitrogen and oxygen atoms in total. The van der Waals surface area contributed by atoms with Crippen LogP contribution in [0.25, 0.3) is 6.08 Å². The molecule has 0 saturated carbocycles. The van der Waals surface area contributed by atoms with Gasteiger partial charge in [0.15, 0.2) is 0 Å². The first kappa shape index (κ1) is 12.0. The van der Waals surface area contributed by atoms with Crippen molar-refractivity contribution in [2.75, 3.05) is 6.61 Å². The lowest BCUT2D eigenvalue weighted by molar-refractivity contribution is -0.150. The number of hydrogen-bond acceptors (Lipinski definition) is 3. The lowest BCUT2D eigenvalue weighted by Crippen LogP contribution is -2.10. The molecule has 0 aliphatic carbocycles. The van der Waals surface area contributed by atoms with Gasteiger partial charge in [0.2, 0.25) is 0 Å². The van der Waals surface area contributed by atoms with Gasteiger partial charge in [-0.1, -0.05) is 36.4 Å². The number of carboxylic acid groups (broad SMARTS) is 1. The third-order valence-corrected chi connectivity index (χ3v) is 1.75. The summed E-state index contributed by atoms with van der Waals surface area (Å²) in [6, 6.07) is 9.53. The van der Waals surface area contributed by atoms with E-state index in [1.54, 1.807) is 12.2 Å². The van der Waals surface area contributed by atoms with Crippen molar-refractivity contribution in [2.45, 2.75) is 6.42 Å². The first-order chi connectivity index (χ1) is 7.68. The molecule has 0 bridgehead atoms. The Labute approximate surface area is 93.2 Å². The van der Waals surface area contributed by atoms with E-state index >= 15 is 0 Å². The number of carboxylic acids is 1. The van der Waals surface area contributed by atoms with Crippen LogP contribution in [-0.2, 0) is 14.3 Å². The molecule has 0 unspecified atom stereocenters. The van der Waals surface area contributed by atoms with E-state index in [4.69, 9.17) is 5.11 Å². The van der Waals surface area contributed by atoms with Gasteiger partial charge in [0, 0.05) is 0 Å². The number of esters is 1. The van der Waals surface area contributed by atoms with Crippen molar-refractivity contribution in [3.05, 3.63) is 42.0 Å². The molecule has 4 heteroatoms. The molecule has 16 heavy (non-hydrogen) atoms. The summed E-state index contributed by atoms with van der Waals surface area (Å²) < 4.78 is 4.67. The molecule has 0 radical (unpaired) electrons. The Morgan fingerprint density at radius 2 is 1.94 bits per heavy atom. The fourth-order valence-electron chi connectivity index (χ4n) is 1.06. The highest BCUT2D eigenvalue weighted by Gasteiger charge is 2.06. The molecule has 1 aromatic carbocycles. The molecule has 0 atom stereocenters. The lowest BCUT2D eigenvalue weighted by Gasteiger charge is -1.98. The Morgan fingerprint density at radius 3 is 2.56 bits per heavy atom. The maximum Gasteiger partial charge on any atom is 0.317 e. The zero-order valence-electron chi connectivity index (χ0n) is 8.63. The molecular formula is C12H12O4. The zero-order chi connectivity index (χ0) is 11.8. The van der Waals surface area contributed by atoms with E-state index in [1.807, 2.05) is 30.3 Å². The standard InChI is InChI=1S/C12H12O4/c13-11(14)9-12(15)16-8-4-7-10-5-2-1-3-6-10/h1-7H,8-9H2,(H,13,14). The molecule has 1 aromatic rings. The first-order valence-electron chi connectivity index (χ1n) is 4.77. The number of carbonyl (C=O) groups excluding carboxylic acids is 1. The fourth-order valence-corrected chi connectivity index (χ4v) is 1.06. The van der Waals surface area contributed by atoms with Gasteiger partial charge >= 0.3 is 11.9 Å². The average Bonchev–Trinajstić information content (AvgIpc) is 2.25. The number of benzene rings is 1. The summed E-state index contributed by atoms with van der Waals surface area (Å²) in [5.74, 6) is -1.91. The highest BCUT2D eigenvalue weighted by Crippen LogP contribution is 2.00. The van der Waals surface area contributed by atoms with Crippen molar-refractivity contribution >= 4 is 18.0 Å². The number of rotatable bonds is 5. The molecule has 0 saturated heterocycles. The van der Waals surface area contributed by atoms with Crippen LogP contribution in [0.4, 0.5) is 0 Å². The molecule has 1 N–H and O–H groups in total. The summed E-state index contributed by atoms with van der Waals surface area (Å²) in [5, 5.41) is 8.30. The fraction of sp³-hybridized carbons (Fsp3) is 0.167. The van der Waals surface area contributed by atoms with Gasteiger partial charge < -0.3 is 9.84 Å². The Balaban J connectivity index is 2.28. The normalized spacial score (nSPS) is 10.2. The Bertz CT molecular complexity index is 381. The smallest absolute Gasteiger partial charge is 0.317 e. The van der Waals surface area contributed by atoms with E-state index in [9.17, 15) is 9.59 Å². The Hall–Kier alpha value is -2.10. The van der Waals surface area contributed by atoms with Crippen molar-refractivity contribution < 1.29 is 19.4 Å². The number of carbonyl (C=O) groups is 2. The molecule has 84 valence electrons. The maximum atomic E-state index is 10.8. The Kier molecular flexibility index (Phi) is 4.79. The van der Waals surface area contributed by atoms with Gasteiger partial charge in [0.1, 0.15) is 13.0 Å². The molecule has 0 aliphatic heterocycles. The third-order valence-electron chi connectivity index (χ3n) is 1.75. The van der Waals surface area contributed by atoms with E-state index in [0.29, 0.717) is 0 Å². The SMILES string of the molecule is O=C(O)CC(=O)OCC=Cc1ccccc1. The van der Waals surface area contributed by atoms with Gasteiger partial charge in [-0.3, -0.25) is 9.59 Å². The summed E-state index contributed by atoms with van der Waals surface area (Å²) in [6.07, 6.45) is 2.86. The van der Waals surface area contributed by atoms with E-state index in [-0.39, 0.29) is 6.61 Å². The summed E-state index contributed by atoms with van der Waals surface area (Å²) in [5.41, 5.74) is 0.997. The molecule has 1 rings (SSSR count). The van der Waals surface area contributed by atoms with Crippen molar-refractivity contribution in [1.29, 1.82) is 0 Å². The first-order valence-corrected chi connectivity index (χ1v) is 4.77. The molecule has 0 aliphatic rings. The predicted octanol–water partition coefficient (Wildman–Crippen LogP) is 1.72. The summed E-state index contributed by atoms with van der Waals surface area (Å²) in [4.78, 5) is 21.0. The maximum absolute atomic E-state index is 10.8. The van der Waals surface area contributed by atoms with Gasteiger partial charge in [0.05, 0.1) is 0 Å². The topological polar surface area (TPSA) is 63.6 Å². The van der Waals surface area contributed by atoms with Crippen molar-refractivity contribution in [3.8, 4) is 0 Å². The van der Waals surface area contributed by atoms with Crippen molar-refractivity contribution in [1.82, 2.24) is 0 Å². The second-order valence-corrected chi connectivity index (χ2v) is 3.07. The largest absolute Gasteiger partial charge is 0.481 e. The lowest BCUT2D eigenvalue weighted by atomic mass is 10.2. The summed E-state index contributed by atoms with van der Waals surface area (Å²) in [7, 11) is 0. The van der Waals surface area contributed by atoms with E-state index in [0.717, 1.165) is 5.56 Å². The second-order valence-electron chi connectivity index (χ2n) is 3.07. The van der Waals surface area contributed by atoms with Gasteiger partial charge in [0.25, 0.3) is 0 Å². The monoisotopic (exact) mass is 220 g/mol. The number of hydrogen-bond donors (Lipinski definition) is 1. The van der Waals surface area contributed by atoms with Crippen LogP contribution in [0.15, 0.2) is 36.4 Å². The van der Waals surface area contributed by atoms with E-state index in [1.165, 1.54) is 0 Å². The number of ether oxygens (including phenoxy) is 1. The zero-order valence-corrected chi connectivity index (χ0v) is 8.63. The summed E-state index contributed by atoms with van der Waals surface area (Å²) in [6.45, 7) is 0.0843. The van der Waals surface area contributed by atoms with E-state index < -0.39 is 18.4 Å².